The number of oxime groups is 1. The van der Waals surface area contributed by atoms with Gasteiger partial charge < -0.3 is 16.0 Å². The van der Waals surface area contributed by atoms with Crippen LogP contribution in [0.3, 0.4) is 0 Å². The van der Waals surface area contributed by atoms with Crippen LogP contribution in [0, 0.1) is 0 Å². The highest BCUT2D eigenvalue weighted by Gasteiger charge is 2.18. The van der Waals surface area contributed by atoms with Gasteiger partial charge in [0.05, 0.1) is 5.69 Å². The number of amidine groups is 1. The van der Waals surface area contributed by atoms with Crippen molar-refractivity contribution in [3.05, 3.63) is 71.9 Å². The molecule has 0 radical (unpaired) electrons. The second kappa shape index (κ2) is 7.70. The summed E-state index contributed by atoms with van der Waals surface area (Å²) in [6, 6.07) is 16.7. The van der Waals surface area contributed by atoms with Crippen molar-refractivity contribution >= 4 is 5.84 Å². The van der Waals surface area contributed by atoms with Gasteiger partial charge in [0, 0.05) is 17.3 Å². The van der Waals surface area contributed by atoms with Gasteiger partial charge in [0.1, 0.15) is 5.75 Å². The van der Waals surface area contributed by atoms with Crippen molar-refractivity contribution in [1.82, 2.24) is 4.98 Å². The third kappa shape index (κ3) is 3.52. The Hall–Kier alpha value is -3.34. The van der Waals surface area contributed by atoms with Crippen molar-refractivity contribution < 1.29 is 10.3 Å². The lowest BCUT2D eigenvalue weighted by Gasteiger charge is -2.17. The Kier molecular flexibility index (Phi) is 5.17. The van der Waals surface area contributed by atoms with E-state index in [1.807, 2.05) is 36.4 Å². The SMILES string of the molecule is CCCc1cc(/C(N)=N/O)c(-c2ccccn2)c(-c2ccc(O)cc2)c1. The summed E-state index contributed by atoms with van der Waals surface area (Å²) in [5, 5.41) is 22.1. The number of hydrogen-bond donors (Lipinski definition) is 3. The molecule has 0 saturated heterocycles. The summed E-state index contributed by atoms with van der Waals surface area (Å²) < 4.78 is 0. The van der Waals surface area contributed by atoms with Gasteiger partial charge in [0.25, 0.3) is 0 Å². The molecule has 1 aromatic heterocycles. The molecule has 0 saturated carbocycles. The van der Waals surface area contributed by atoms with Crippen LogP contribution < -0.4 is 5.73 Å². The fraction of sp³-hybridized carbons (Fsp3) is 0.143. The molecule has 0 aliphatic rings. The number of aryl methyl sites for hydroxylation is 1. The van der Waals surface area contributed by atoms with Gasteiger partial charge in [-0.15, -0.1) is 0 Å². The first-order valence-electron chi connectivity index (χ1n) is 8.49. The van der Waals surface area contributed by atoms with Gasteiger partial charge in [-0.2, -0.15) is 0 Å². The maximum absolute atomic E-state index is 9.63. The van der Waals surface area contributed by atoms with Crippen LogP contribution in [0.25, 0.3) is 22.4 Å². The third-order valence-corrected chi connectivity index (χ3v) is 4.22. The summed E-state index contributed by atoms with van der Waals surface area (Å²) in [4.78, 5) is 4.46. The van der Waals surface area contributed by atoms with E-state index in [1.54, 1.807) is 18.3 Å². The monoisotopic (exact) mass is 347 g/mol. The highest BCUT2D eigenvalue weighted by Crippen LogP contribution is 2.36. The summed E-state index contributed by atoms with van der Waals surface area (Å²) in [6.45, 7) is 2.11. The second-order valence-corrected chi connectivity index (χ2v) is 6.06. The molecular weight excluding hydrogens is 326 g/mol. The van der Waals surface area contributed by atoms with Crippen LogP contribution in [0.4, 0.5) is 0 Å². The summed E-state index contributed by atoms with van der Waals surface area (Å²) in [5.74, 6) is 0.248. The summed E-state index contributed by atoms with van der Waals surface area (Å²) >= 11 is 0. The minimum absolute atomic E-state index is 0.0450. The maximum Gasteiger partial charge on any atom is 0.170 e. The van der Waals surface area contributed by atoms with Gasteiger partial charge in [-0.05, 0) is 53.4 Å². The molecule has 132 valence electrons. The zero-order chi connectivity index (χ0) is 18.5. The van der Waals surface area contributed by atoms with E-state index in [9.17, 15) is 10.3 Å². The van der Waals surface area contributed by atoms with Crippen LogP contribution in [0.2, 0.25) is 0 Å². The number of nitrogens with zero attached hydrogens (tertiary/aromatic N) is 2. The number of hydrogen-bond acceptors (Lipinski definition) is 4. The first-order chi connectivity index (χ1) is 12.6. The number of pyridine rings is 1. The van der Waals surface area contributed by atoms with Crippen LogP contribution in [-0.2, 0) is 6.42 Å². The van der Waals surface area contributed by atoms with Gasteiger partial charge in [0.15, 0.2) is 5.84 Å². The molecule has 5 heteroatoms. The number of nitrogens with two attached hydrogens (primary N) is 1. The number of aromatic hydroxyl groups is 1. The molecule has 0 bridgehead atoms. The molecule has 26 heavy (non-hydrogen) atoms. The van der Waals surface area contributed by atoms with Crippen LogP contribution in [0.1, 0.15) is 24.5 Å². The zero-order valence-corrected chi connectivity index (χ0v) is 14.6. The molecule has 0 fully saturated rings. The predicted molar refractivity (Wildman–Crippen MR) is 103 cm³/mol. The topological polar surface area (TPSA) is 91.7 Å². The number of phenolic OH excluding ortho intramolecular Hbond substituents is 1. The van der Waals surface area contributed by atoms with E-state index in [-0.39, 0.29) is 11.6 Å². The Morgan fingerprint density at radius 3 is 2.50 bits per heavy atom. The number of phenols is 1. The Morgan fingerprint density at radius 1 is 1.12 bits per heavy atom. The summed E-state index contributed by atoms with van der Waals surface area (Å²) in [5.41, 5.74) is 11.1. The van der Waals surface area contributed by atoms with Crippen LogP contribution in [0.15, 0.2) is 65.9 Å². The first kappa shape index (κ1) is 17.5. The van der Waals surface area contributed by atoms with Crippen molar-refractivity contribution in [2.45, 2.75) is 19.8 Å². The maximum atomic E-state index is 9.63. The van der Waals surface area contributed by atoms with Crippen molar-refractivity contribution in [2.75, 3.05) is 0 Å². The summed E-state index contributed by atoms with van der Waals surface area (Å²) in [7, 11) is 0. The quantitative estimate of drug-likeness (QED) is 0.279. The molecule has 0 unspecified atom stereocenters. The number of aromatic nitrogens is 1. The van der Waals surface area contributed by atoms with E-state index < -0.39 is 0 Å². The van der Waals surface area contributed by atoms with Crippen LogP contribution in [-0.4, -0.2) is 21.1 Å². The Bertz CT molecular complexity index is 920. The van der Waals surface area contributed by atoms with Gasteiger partial charge in [-0.25, -0.2) is 0 Å². The molecule has 0 spiro atoms. The minimum Gasteiger partial charge on any atom is -0.508 e. The lowest BCUT2D eigenvalue weighted by Crippen LogP contribution is -2.16. The Balaban J connectivity index is 2.35. The average molecular weight is 347 g/mol. The highest BCUT2D eigenvalue weighted by atomic mass is 16.4. The first-order valence-corrected chi connectivity index (χ1v) is 8.49. The van der Waals surface area contributed by atoms with E-state index in [0.29, 0.717) is 5.56 Å². The molecular formula is C21H21N3O2. The second-order valence-electron chi connectivity index (χ2n) is 6.06. The molecule has 0 aliphatic heterocycles. The standard InChI is InChI=1S/C21H21N3O2/c1-2-5-14-12-17(15-7-9-16(25)10-8-15)20(18(13-14)21(22)24-26)19-6-3-4-11-23-19/h3-4,6-13,25-26H,2,5H2,1H3,(H2,22,24). The smallest absolute Gasteiger partial charge is 0.170 e. The molecule has 5 nitrogen and oxygen atoms in total. The largest absolute Gasteiger partial charge is 0.508 e. The van der Waals surface area contributed by atoms with E-state index >= 15 is 0 Å². The molecule has 4 N–H and O–H groups in total. The highest BCUT2D eigenvalue weighted by molar-refractivity contribution is 6.06. The lowest BCUT2D eigenvalue weighted by atomic mass is 9.89. The normalized spacial score (nSPS) is 11.5. The zero-order valence-electron chi connectivity index (χ0n) is 14.6. The fourth-order valence-electron chi connectivity index (χ4n) is 3.05. The van der Waals surface area contributed by atoms with Crippen molar-refractivity contribution in [2.24, 2.45) is 10.9 Å². The molecule has 0 aliphatic carbocycles. The lowest BCUT2D eigenvalue weighted by molar-refractivity contribution is 0.318. The van der Waals surface area contributed by atoms with Gasteiger partial charge in [-0.1, -0.05) is 42.8 Å². The van der Waals surface area contributed by atoms with Gasteiger partial charge in [0.2, 0.25) is 0 Å². The third-order valence-electron chi connectivity index (χ3n) is 4.22. The number of rotatable bonds is 5. The van der Waals surface area contributed by atoms with Crippen LogP contribution in [0.5, 0.6) is 5.75 Å². The fourth-order valence-corrected chi connectivity index (χ4v) is 3.05. The molecule has 0 atom stereocenters. The van der Waals surface area contributed by atoms with E-state index in [2.05, 4.69) is 23.1 Å². The molecule has 3 rings (SSSR count). The Morgan fingerprint density at radius 2 is 1.88 bits per heavy atom. The van der Waals surface area contributed by atoms with Crippen molar-refractivity contribution in [1.29, 1.82) is 0 Å². The number of benzene rings is 2. The molecule has 0 amide bonds. The molecule has 1 heterocycles. The minimum atomic E-state index is 0.0450. The molecule has 2 aromatic carbocycles. The van der Waals surface area contributed by atoms with Gasteiger partial charge in [-0.3, -0.25) is 4.98 Å². The van der Waals surface area contributed by atoms with Crippen molar-refractivity contribution in [3.63, 3.8) is 0 Å². The molecule has 3 aromatic rings. The van der Waals surface area contributed by atoms with Crippen molar-refractivity contribution in [3.8, 4) is 28.1 Å². The van der Waals surface area contributed by atoms with Crippen LogP contribution >= 0.6 is 0 Å². The summed E-state index contributed by atoms with van der Waals surface area (Å²) in [6.07, 6.45) is 3.57. The predicted octanol–water partition coefficient (Wildman–Crippen LogP) is 4.17. The average Bonchev–Trinajstić information content (AvgIpc) is 2.68. The van der Waals surface area contributed by atoms with E-state index in [1.165, 1.54) is 0 Å². The van der Waals surface area contributed by atoms with E-state index in [0.717, 1.165) is 40.8 Å². The Labute approximate surface area is 152 Å². The van der Waals surface area contributed by atoms with E-state index in [4.69, 9.17) is 5.73 Å². The van der Waals surface area contributed by atoms with Gasteiger partial charge >= 0.3 is 0 Å².